The third kappa shape index (κ3) is 5.63. The highest BCUT2D eigenvalue weighted by Gasteiger charge is 2.61. The van der Waals surface area contributed by atoms with Gasteiger partial charge in [-0.3, -0.25) is 14.6 Å². The number of nitrogens with one attached hydrogen (secondary N) is 1. The summed E-state index contributed by atoms with van der Waals surface area (Å²) in [5.74, 6) is -2.55. The molecule has 1 aliphatic heterocycles. The molecule has 10 heteroatoms. The van der Waals surface area contributed by atoms with Crippen molar-refractivity contribution in [1.29, 1.82) is 0 Å². The molecule has 2 unspecified atom stereocenters. The molecule has 2 fully saturated rings. The predicted molar refractivity (Wildman–Crippen MR) is 107 cm³/mol. The lowest BCUT2D eigenvalue weighted by Gasteiger charge is -2.16. The lowest BCUT2D eigenvalue weighted by Crippen LogP contribution is -2.31. The molecule has 1 aromatic heterocycles. The van der Waals surface area contributed by atoms with E-state index in [-0.39, 0.29) is 23.1 Å². The number of nitrogens with zero attached hydrogens (tertiary/aromatic N) is 2. The Balaban J connectivity index is 0.000000360. The fourth-order valence-electron chi connectivity index (χ4n) is 3.81. The van der Waals surface area contributed by atoms with Crippen LogP contribution in [0.4, 0.5) is 13.2 Å². The highest BCUT2D eigenvalue weighted by Crippen LogP contribution is 2.58. The Morgan fingerprint density at radius 3 is 2.34 bits per heavy atom. The van der Waals surface area contributed by atoms with Crippen LogP contribution in [0.1, 0.15) is 28.8 Å². The Morgan fingerprint density at radius 2 is 1.75 bits per heavy atom. The first-order valence-corrected chi connectivity index (χ1v) is 9.93. The zero-order valence-electron chi connectivity index (χ0n) is 17.0. The normalized spacial score (nSPS) is 21.5. The van der Waals surface area contributed by atoms with Gasteiger partial charge in [-0.2, -0.15) is 13.2 Å². The Hall–Kier alpha value is -3.43. The third-order valence-electron chi connectivity index (χ3n) is 5.66. The van der Waals surface area contributed by atoms with Gasteiger partial charge in [0.25, 0.3) is 5.91 Å². The summed E-state index contributed by atoms with van der Waals surface area (Å²) in [5, 5.41) is 10.1. The van der Waals surface area contributed by atoms with Crippen molar-refractivity contribution in [2.75, 3.05) is 13.1 Å². The smallest absolute Gasteiger partial charge is 0.475 e. The maximum atomic E-state index is 12.6. The van der Waals surface area contributed by atoms with Crippen LogP contribution in [-0.2, 0) is 16.1 Å². The molecule has 1 aliphatic carbocycles. The van der Waals surface area contributed by atoms with Gasteiger partial charge in [0.15, 0.2) is 0 Å². The van der Waals surface area contributed by atoms with Crippen LogP contribution in [0.25, 0.3) is 0 Å². The van der Waals surface area contributed by atoms with E-state index in [9.17, 15) is 22.8 Å². The summed E-state index contributed by atoms with van der Waals surface area (Å²) < 4.78 is 31.7. The van der Waals surface area contributed by atoms with Gasteiger partial charge < -0.3 is 15.3 Å². The summed E-state index contributed by atoms with van der Waals surface area (Å²) in [6, 6.07) is 13.2. The van der Waals surface area contributed by atoms with Crippen molar-refractivity contribution in [3.8, 4) is 0 Å². The summed E-state index contributed by atoms with van der Waals surface area (Å²) in [5.41, 5.74) is 1.76. The minimum Gasteiger partial charge on any atom is -0.475 e. The van der Waals surface area contributed by atoms with Gasteiger partial charge in [-0.25, -0.2) is 4.79 Å². The number of amides is 2. The van der Waals surface area contributed by atoms with Gasteiger partial charge in [-0.05, 0) is 42.7 Å². The minimum absolute atomic E-state index is 0.00718. The topological polar surface area (TPSA) is 99.6 Å². The number of benzene rings is 1. The first kappa shape index (κ1) is 23.2. The van der Waals surface area contributed by atoms with Crippen molar-refractivity contribution < 1.29 is 32.7 Å². The van der Waals surface area contributed by atoms with E-state index in [1.54, 1.807) is 12.4 Å². The summed E-state index contributed by atoms with van der Waals surface area (Å²) in [6.45, 7) is 1.95. The number of carboxylic acid groups (broad SMARTS) is 1. The second-order valence-electron chi connectivity index (χ2n) is 7.84. The lowest BCUT2D eigenvalue weighted by molar-refractivity contribution is -0.192. The van der Waals surface area contributed by atoms with Crippen molar-refractivity contribution in [2.45, 2.75) is 25.6 Å². The van der Waals surface area contributed by atoms with E-state index in [0.717, 1.165) is 30.5 Å². The molecule has 32 heavy (non-hydrogen) atoms. The van der Waals surface area contributed by atoms with Crippen LogP contribution in [-0.4, -0.2) is 52.0 Å². The van der Waals surface area contributed by atoms with E-state index in [4.69, 9.17) is 9.90 Å². The largest absolute Gasteiger partial charge is 0.490 e. The molecule has 2 N–H and O–H groups in total. The molecule has 7 nitrogen and oxygen atoms in total. The molecule has 1 spiro atoms. The van der Waals surface area contributed by atoms with Crippen LogP contribution in [0.15, 0.2) is 54.9 Å². The van der Waals surface area contributed by atoms with E-state index in [1.807, 2.05) is 47.4 Å². The maximum Gasteiger partial charge on any atom is 0.490 e. The molecule has 1 aromatic carbocycles. The number of rotatable bonds is 4. The van der Waals surface area contributed by atoms with Gasteiger partial charge in [0.1, 0.15) is 0 Å². The quantitative estimate of drug-likeness (QED) is 0.748. The monoisotopic (exact) mass is 449 g/mol. The van der Waals surface area contributed by atoms with Gasteiger partial charge in [-0.15, -0.1) is 0 Å². The van der Waals surface area contributed by atoms with E-state index in [2.05, 4.69) is 10.3 Å². The van der Waals surface area contributed by atoms with Crippen LogP contribution in [0.3, 0.4) is 0 Å². The van der Waals surface area contributed by atoms with Gasteiger partial charge in [0.05, 0.1) is 0 Å². The molecule has 4 rings (SSSR count). The fourth-order valence-corrected chi connectivity index (χ4v) is 3.81. The first-order valence-electron chi connectivity index (χ1n) is 9.93. The second kappa shape index (κ2) is 9.37. The van der Waals surface area contributed by atoms with Gasteiger partial charge in [0, 0.05) is 48.9 Å². The highest BCUT2D eigenvalue weighted by molar-refractivity contribution is 5.94. The number of pyridine rings is 1. The number of hydrogen-bond acceptors (Lipinski definition) is 4. The molecular weight excluding hydrogens is 427 g/mol. The van der Waals surface area contributed by atoms with Crippen LogP contribution >= 0.6 is 0 Å². The predicted octanol–water partition coefficient (Wildman–Crippen LogP) is 2.88. The number of aromatic nitrogens is 1. The Kier molecular flexibility index (Phi) is 6.81. The second-order valence-corrected chi connectivity index (χ2v) is 7.84. The van der Waals surface area contributed by atoms with E-state index in [1.165, 1.54) is 0 Å². The average molecular weight is 449 g/mol. The number of likely N-dealkylation sites (tertiary alicyclic amines) is 1. The van der Waals surface area contributed by atoms with Crippen molar-refractivity contribution in [3.05, 3.63) is 66.0 Å². The molecule has 2 heterocycles. The first-order chi connectivity index (χ1) is 15.1. The fraction of sp³-hybridized carbons (Fsp3) is 0.364. The maximum absolute atomic E-state index is 12.6. The lowest BCUT2D eigenvalue weighted by atomic mass is 10.0. The molecule has 2 atom stereocenters. The van der Waals surface area contributed by atoms with Crippen LogP contribution < -0.4 is 5.32 Å². The molecular formula is C22H22F3N3O4. The standard InChI is InChI=1S/C20H21N3O2.C2HF3O2/c24-18(22-13-15-6-9-21-10-7-15)17-12-20(17)8-11-23(14-20)19(25)16-4-2-1-3-5-16;3-2(4,5)1(6)7/h1-7,9-10,17H,8,11-14H2,(H,22,24);(H,6,7). The zero-order chi connectivity index (χ0) is 23.4. The minimum atomic E-state index is -5.08. The van der Waals surface area contributed by atoms with Gasteiger partial charge >= 0.3 is 12.1 Å². The summed E-state index contributed by atoms with van der Waals surface area (Å²) in [7, 11) is 0. The van der Waals surface area contributed by atoms with Gasteiger partial charge in [0.2, 0.25) is 5.91 Å². The van der Waals surface area contributed by atoms with E-state index >= 15 is 0 Å². The Morgan fingerprint density at radius 1 is 1.12 bits per heavy atom. The molecule has 0 bridgehead atoms. The van der Waals surface area contributed by atoms with Gasteiger partial charge in [-0.1, -0.05) is 18.2 Å². The van der Waals surface area contributed by atoms with Crippen LogP contribution in [0.5, 0.6) is 0 Å². The van der Waals surface area contributed by atoms with E-state index in [0.29, 0.717) is 13.1 Å². The highest BCUT2D eigenvalue weighted by atomic mass is 19.4. The number of halogens is 3. The summed E-state index contributed by atoms with van der Waals surface area (Å²) >= 11 is 0. The molecule has 0 radical (unpaired) electrons. The van der Waals surface area contributed by atoms with Crippen LogP contribution in [0.2, 0.25) is 0 Å². The third-order valence-corrected chi connectivity index (χ3v) is 5.66. The Bertz CT molecular complexity index is 969. The number of carboxylic acids is 1. The van der Waals surface area contributed by atoms with E-state index < -0.39 is 12.1 Å². The molecule has 2 aromatic rings. The zero-order valence-corrected chi connectivity index (χ0v) is 17.0. The number of hydrogen-bond donors (Lipinski definition) is 2. The molecule has 2 aliphatic rings. The summed E-state index contributed by atoms with van der Waals surface area (Å²) in [4.78, 5) is 39.8. The molecule has 170 valence electrons. The number of carbonyl (C=O) groups excluding carboxylic acids is 2. The number of aliphatic carboxylic acids is 1. The van der Waals surface area contributed by atoms with Crippen molar-refractivity contribution in [1.82, 2.24) is 15.2 Å². The average Bonchev–Trinajstić information content (AvgIpc) is 3.32. The molecule has 1 saturated carbocycles. The Labute approximate surface area is 182 Å². The van der Waals surface area contributed by atoms with Crippen molar-refractivity contribution >= 4 is 17.8 Å². The number of carbonyl (C=O) groups is 3. The van der Waals surface area contributed by atoms with Crippen molar-refractivity contribution in [2.24, 2.45) is 11.3 Å². The molecule has 1 saturated heterocycles. The van der Waals surface area contributed by atoms with Crippen molar-refractivity contribution in [3.63, 3.8) is 0 Å². The SMILES string of the molecule is O=C(NCc1ccncc1)C1CC12CCN(C(=O)c1ccccc1)C2.O=C(O)C(F)(F)F. The number of alkyl halides is 3. The van der Waals surface area contributed by atoms with Crippen LogP contribution in [0, 0.1) is 11.3 Å². The summed E-state index contributed by atoms with van der Waals surface area (Å²) in [6.07, 6.45) is 0.168. The molecule has 2 amide bonds.